The first kappa shape index (κ1) is 48.1. The second kappa shape index (κ2) is 20.7. The lowest BCUT2D eigenvalue weighted by molar-refractivity contribution is -0.288. The molecule has 0 aromatic heterocycles. The van der Waals surface area contributed by atoms with Crippen molar-refractivity contribution < 1.29 is 84.9 Å². The number of hydrogen-bond donors (Lipinski definition) is 4. The van der Waals surface area contributed by atoms with Crippen molar-refractivity contribution in [2.45, 2.75) is 57.9 Å². The van der Waals surface area contributed by atoms with Crippen molar-refractivity contribution in [3.8, 4) is 5.75 Å². The average Bonchev–Trinajstić information content (AvgIpc) is 3.06. The number of aryl methyl sites for hydroxylation is 1. The number of phenols is 1. The van der Waals surface area contributed by atoms with E-state index in [1.165, 1.54) is 0 Å². The van der Waals surface area contributed by atoms with E-state index in [1.54, 1.807) is 28.4 Å². The van der Waals surface area contributed by atoms with Crippen molar-refractivity contribution in [2.75, 3.05) is 41.7 Å². The summed E-state index contributed by atoms with van der Waals surface area (Å²) in [6.07, 6.45) is -12.8. The molecule has 304 valence electrons. The first-order valence-corrected chi connectivity index (χ1v) is 15.8. The van der Waals surface area contributed by atoms with Crippen LogP contribution in [-0.2, 0) is 37.6 Å². The Bertz CT molecular complexity index is 1680. The van der Waals surface area contributed by atoms with Crippen LogP contribution >= 0.6 is 0 Å². The topological polar surface area (TPSA) is 186 Å². The molecule has 0 saturated carbocycles. The first-order chi connectivity index (χ1) is 25.5. The number of phenolic OH excluding ortho intramolecular Hbond substituents is 1. The Kier molecular flexibility index (Phi) is 18.1. The van der Waals surface area contributed by atoms with Gasteiger partial charge in [0.15, 0.2) is 11.6 Å². The van der Waals surface area contributed by atoms with Crippen LogP contribution in [0.2, 0.25) is 0 Å². The maximum atomic E-state index is 14.3. The number of ether oxygens (including phenoxy) is 4. The predicted molar refractivity (Wildman–Crippen MR) is 184 cm³/mol. The van der Waals surface area contributed by atoms with Crippen LogP contribution in [0.4, 0.5) is 26.3 Å². The molecule has 0 amide bonds. The minimum atomic E-state index is -6.15. The molecule has 0 atom stereocenters. The summed E-state index contributed by atoms with van der Waals surface area (Å²) in [5.41, 5.74) is -8.81. The fourth-order valence-corrected chi connectivity index (χ4v) is 5.40. The second-order valence-electron chi connectivity index (χ2n) is 11.9. The van der Waals surface area contributed by atoms with Gasteiger partial charge in [-0.3, -0.25) is 9.59 Å². The Morgan fingerprint density at radius 3 is 1.22 bits per heavy atom. The van der Waals surface area contributed by atoms with Crippen molar-refractivity contribution in [2.24, 2.45) is 0 Å². The minimum Gasteiger partial charge on any atom is -0.507 e. The van der Waals surface area contributed by atoms with E-state index in [0.717, 1.165) is 30.5 Å². The molecule has 3 rings (SSSR count). The number of ketones is 2. The maximum Gasteiger partial charge on any atom is 0.411 e. The van der Waals surface area contributed by atoms with Gasteiger partial charge in [0.05, 0.1) is 37.6 Å². The van der Waals surface area contributed by atoms with Crippen molar-refractivity contribution in [3.63, 3.8) is 0 Å². The zero-order valence-electron chi connectivity index (χ0n) is 30.8. The Balaban J connectivity index is 0.000000560. The van der Waals surface area contributed by atoms with Crippen molar-refractivity contribution in [3.05, 3.63) is 98.6 Å². The Morgan fingerprint density at radius 1 is 0.618 bits per heavy atom. The molecule has 0 radical (unpaired) electrons. The van der Waals surface area contributed by atoms with E-state index in [-0.39, 0.29) is 17.9 Å². The Hall–Kier alpha value is -4.88. The van der Waals surface area contributed by atoms with E-state index in [9.17, 15) is 60.8 Å². The molecule has 0 heterocycles. The third-order valence-corrected chi connectivity index (χ3v) is 7.70. The van der Waals surface area contributed by atoms with Crippen LogP contribution in [-0.4, -0.2) is 104 Å². The van der Waals surface area contributed by atoms with E-state index >= 15 is 0 Å². The quantitative estimate of drug-likeness (QED) is 0.102. The third-order valence-electron chi connectivity index (χ3n) is 7.70. The monoisotopic (exact) mass is 792 g/mol. The summed E-state index contributed by atoms with van der Waals surface area (Å²) >= 11 is 0. The highest BCUT2D eigenvalue weighted by molar-refractivity contribution is 6.06. The normalized spacial score (nSPS) is 11.6. The molecule has 0 saturated heterocycles. The van der Waals surface area contributed by atoms with Crippen LogP contribution in [0.5, 0.6) is 5.75 Å². The highest BCUT2D eigenvalue weighted by Crippen LogP contribution is 2.56. The number of carboxylic acids is 2. The number of carboxylic acid groups (broad SMARTS) is 2. The summed E-state index contributed by atoms with van der Waals surface area (Å²) in [7, 11) is 6.30. The molecular weight excluding hydrogens is 750 g/mol. The van der Waals surface area contributed by atoms with Gasteiger partial charge in [-0.25, -0.2) is 9.59 Å². The number of aromatic carboxylic acids is 2. The third kappa shape index (κ3) is 12.1. The number of aliphatic hydroxyl groups is 1. The minimum absolute atomic E-state index is 0.0827. The molecule has 18 heteroatoms. The fourth-order valence-electron chi connectivity index (χ4n) is 5.40. The van der Waals surface area contributed by atoms with Gasteiger partial charge in [0.2, 0.25) is 5.41 Å². The average molecular weight is 793 g/mol. The van der Waals surface area contributed by atoms with Gasteiger partial charge < -0.3 is 39.4 Å². The largest absolute Gasteiger partial charge is 0.507 e. The molecule has 0 bridgehead atoms. The number of alkyl halides is 6. The molecule has 0 unspecified atom stereocenters. The smallest absolute Gasteiger partial charge is 0.411 e. The molecule has 55 heavy (non-hydrogen) atoms. The number of methoxy groups -OCH3 is 4. The van der Waals surface area contributed by atoms with Crippen molar-refractivity contribution in [1.82, 2.24) is 0 Å². The van der Waals surface area contributed by atoms with Crippen molar-refractivity contribution >= 4 is 23.5 Å². The number of carbonyl (C=O) groups is 4. The lowest BCUT2D eigenvalue weighted by atomic mass is 9.71. The predicted octanol–water partition coefficient (Wildman–Crippen LogP) is 6.53. The van der Waals surface area contributed by atoms with Crippen LogP contribution in [0.1, 0.15) is 83.1 Å². The molecule has 12 nitrogen and oxygen atoms in total. The van der Waals surface area contributed by atoms with Crippen LogP contribution in [0.3, 0.4) is 0 Å². The van der Waals surface area contributed by atoms with E-state index in [4.69, 9.17) is 14.6 Å². The Labute approximate surface area is 312 Å². The fraction of sp³-hybridized carbons (Fsp3) is 0.405. The number of aromatic hydroxyl groups is 1. The standard InChI is InChI=1S/C21H14F6O6.C11H16O3.C5H12O3/c1-9(28)13-5-3-11(7-15(13)17(30)31)19(20(22,23)24,21(25,26)27)12-4-6-14(10(2)29)16(8-12)18(32)33;1-8-4-9(6-13-2)11(12)10(5-8)7-14-3;1-7-3-5(6)4-8-2/h3-8H,1-2H3,(H,30,31)(H,32,33);4-5,12H,6-7H2,1-3H3;5-6H,3-4H2,1-2H3. The number of hydrogen-bond acceptors (Lipinski definition) is 10. The zero-order chi connectivity index (χ0) is 42.5. The summed E-state index contributed by atoms with van der Waals surface area (Å²) in [5, 5.41) is 37.1. The van der Waals surface area contributed by atoms with E-state index in [0.29, 0.717) is 50.7 Å². The summed E-state index contributed by atoms with van der Waals surface area (Å²) in [5.74, 6) is -5.44. The number of halogens is 6. The molecule has 0 aliphatic carbocycles. The van der Waals surface area contributed by atoms with E-state index < -0.39 is 80.8 Å². The summed E-state index contributed by atoms with van der Waals surface area (Å²) in [6, 6.07) is 5.66. The molecule has 3 aromatic rings. The highest BCUT2D eigenvalue weighted by Gasteiger charge is 2.72. The van der Waals surface area contributed by atoms with Gasteiger partial charge in [-0.1, -0.05) is 42.0 Å². The van der Waals surface area contributed by atoms with Gasteiger partial charge in [0.1, 0.15) is 11.9 Å². The lowest BCUT2D eigenvalue weighted by Crippen LogP contribution is -2.55. The number of Topliss-reactive ketones (excluding diaryl/α,β-unsaturated/α-hetero) is 2. The number of aliphatic hydroxyl groups excluding tert-OH is 1. The zero-order valence-corrected chi connectivity index (χ0v) is 30.8. The summed E-state index contributed by atoms with van der Waals surface area (Å²) in [6.45, 7) is 5.26. The summed E-state index contributed by atoms with van der Waals surface area (Å²) in [4.78, 5) is 46.2. The van der Waals surface area contributed by atoms with Crippen LogP contribution < -0.4 is 0 Å². The van der Waals surface area contributed by atoms with Gasteiger partial charge >= 0.3 is 24.3 Å². The lowest BCUT2D eigenvalue weighted by Gasteiger charge is -2.38. The van der Waals surface area contributed by atoms with E-state index in [2.05, 4.69) is 9.47 Å². The van der Waals surface area contributed by atoms with Gasteiger partial charge in [-0.2, -0.15) is 26.3 Å². The van der Waals surface area contributed by atoms with Crippen LogP contribution in [0, 0.1) is 6.92 Å². The maximum absolute atomic E-state index is 14.3. The van der Waals surface area contributed by atoms with Crippen LogP contribution in [0.15, 0.2) is 48.5 Å². The highest BCUT2D eigenvalue weighted by atomic mass is 19.4. The molecule has 4 N–H and O–H groups in total. The van der Waals surface area contributed by atoms with Gasteiger partial charge in [-0.05, 0) is 44.0 Å². The molecule has 3 aromatic carbocycles. The molecular formula is C37H42F6O12. The van der Waals surface area contributed by atoms with Crippen LogP contribution in [0.25, 0.3) is 0 Å². The van der Waals surface area contributed by atoms with Crippen molar-refractivity contribution in [1.29, 1.82) is 0 Å². The molecule has 0 spiro atoms. The van der Waals surface area contributed by atoms with Gasteiger partial charge in [0.25, 0.3) is 0 Å². The van der Waals surface area contributed by atoms with E-state index in [1.807, 2.05) is 19.1 Å². The molecule has 0 fully saturated rings. The summed E-state index contributed by atoms with van der Waals surface area (Å²) < 4.78 is 105. The number of rotatable bonds is 14. The molecule has 0 aliphatic heterocycles. The first-order valence-electron chi connectivity index (χ1n) is 15.8. The number of carbonyl (C=O) groups excluding carboxylic acids is 2. The SMILES string of the molecule is CC(=O)c1ccc(C(c2ccc(C(C)=O)c(C(=O)O)c2)(C(F)(F)F)C(F)(F)F)cc1C(=O)O.COCC(O)COC.COCc1cc(C)cc(COC)c1O. The molecule has 0 aliphatic rings. The Morgan fingerprint density at radius 2 is 0.964 bits per heavy atom. The number of benzene rings is 3. The second-order valence-corrected chi connectivity index (χ2v) is 11.9. The van der Waals surface area contributed by atoms with Gasteiger partial charge in [0, 0.05) is 50.7 Å². The van der Waals surface area contributed by atoms with Gasteiger partial charge in [-0.15, -0.1) is 0 Å².